The fourth-order valence-electron chi connectivity index (χ4n) is 3.08. The molecule has 3 atom stereocenters. The van der Waals surface area contributed by atoms with Crippen molar-refractivity contribution in [1.82, 2.24) is 0 Å². The van der Waals surface area contributed by atoms with Gasteiger partial charge in [0.2, 0.25) is 0 Å². The topological polar surface area (TPSA) is 20.2 Å². The van der Waals surface area contributed by atoms with E-state index in [9.17, 15) is 5.11 Å². The smallest absolute Gasteiger partial charge is 0.0461 e. The molecule has 0 aliphatic heterocycles. The molecule has 0 spiro atoms. The molecule has 1 N–H and O–H groups in total. The molecule has 0 radical (unpaired) electrons. The second-order valence-corrected chi connectivity index (χ2v) is 7.52. The van der Waals surface area contributed by atoms with Gasteiger partial charge >= 0.3 is 0 Å². The molecule has 0 saturated carbocycles. The maximum Gasteiger partial charge on any atom is 0.0461 e. The van der Waals surface area contributed by atoms with E-state index < -0.39 is 0 Å². The Morgan fingerprint density at radius 3 is 2.11 bits per heavy atom. The highest BCUT2D eigenvalue weighted by Gasteiger charge is 2.22. The Hall–Kier alpha value is -0.0400. The standard InChI is InChI=1S/C17H36O/c1-7-8-9-10-15(3)16(13-18)11-14(2)12-17(4,5)6/h14-16,18H,7-13H2,1-6H3. The lowest BCUT2D eigenvalue weighted by atomic mass is 9.78. The quantitative estimate of drug-likeness (QED) is 0.557. The van der Waals surface area contributed by atoms with Crippen molar-refractivity contribution in [3.05, 3.63) is 0 Å². The van der Waals surface area contributed by atoms with Gasteiger partial charge in [0.1, 0.15) is 0 Å². The van der Waals surface area contributed by atoms with Gasteiger partial charge < -0.3 is 5.11 Å². The van der Waals surface area contributed by atoms with Gasteiger partial charge in [-0.25, -0.2) is 0 Å². The van der Waals surface area contributed by atoms with Crippen molar-refractivity contribution >= 4 is 0 Å². The predicted octanol–water partition coefficient (Wildman–Crippen LogP) is 5.27. The van der Waals surface area contributed by atoms with Gasteiger partial charge in [0.05, 0.1) is 0 Å². The Morgan fingerprint density at radius 1 is 1.06 bits per heavy atom. The second kappa shape index (κ2) is 8.96. The molecule has 110 valence electrons. The monoisotopic (exact) mass is 256 g/mol. The molecule has 0 heterocycles. The molecule has 0 rings (SSSR count). The van der Waals surface area contributed by atoms with Gasteiger partial charge in [-0.2, -0.15) is 0 Å². The van der Waals surface area contributed by atoms with Crippen molar-refractivity contribution in [3.8, 4) is 0 Å². The summed E-state index contributed by atoms with van der Waals surface area (Å²) in [7, 11) is 0. The summed E-state index contributed by atoms with van der Waals surface area (Å²) in [6.45, 7) is 14.2. The third-order valence-electron chi connectivity index (χ3n) is 3.97. The zero-order valence-corrected chi connectivity index (χ0v) is 13.6. The molecule has 0 fully saturated rings. The lowest BCUT2D eigenvalue weighted by Gasteiger charge is -2.29. The fraction of sp³-hybridized carbons (Fsp3) is 1.00. The number of rotatable bonds is 9. The maximum absolute atomic E-state index is 9.60. The van der Waals surface area contributed by atoms with Crippen LogP contribution >= 0.6 is 0 Å². The molecule has 0 aliphatic carbocycles. The van der Waals surface area contributed by atoms with E-state index >= 15 is 0 Å². The van der Waals surface area contributed by atoms with Crippen molar-refractivity contribution in [1.29, 1.82) is 0 Å². The van der Waals surface area contributed by atoms with Crippen LogP contribution in [0.15, 0.2) is 0 Å². The average molecular weight is 256 g/mol. The van der Waals surface area contributed by atoms with Crippen LogP contribution in [0.25, 0.3) is 0 Å². The number of unbranched alkanes of at least 4 members (excludes halogenated alkanes) is 2. The van der Waals surface area contributed by atoms with Crippen molar-refractivity contribution in [3.63, 3.8) is 0 Å². The van der Waals surface area contributed by atoms with Crippen LogP contribution in [-0.2, 0) is 0 Å². The van der Waals surface area contributed by atoms with Crippen LogP contribution in [-0.4, -0.2) is 11.7 Å². The average Bonchev–Trinajstić information content (AvgIpc) is 2.23. The van der Waals surface area contributed by atoms with E-state index in [0.717, 1.165) is 5.92 Å². The summed E-state index contributed by atoms with van der Waals surface area (Å²) in [6.07, 6.45) is 7.66. The van der Waals surface area contributed by atoms with Crippen molar-refractivity contribution in [2.24, 2.45) is 23.2 Å². The lowest BCUT2D eigenvalue weighted by molar-refractivity contribution is 0.140. The number of aliphatic hydroxyl groups is 1. The number of aliphatic hydroxyl groups excluding tert-OH is 1. The fourth-order valence-corrected chi connectivity index (χ4v) is 3.08. The van der Waals surface area contributed by atoms with Crippen molar-refractivity contribution < 1.29 is 5.11 Å². The third-order valence-corrected chi connectivity index (χ3v) is 3.97. The number of hydrogen-bond donors (Lipinski definition) is 1. The molecule has 3 unspecified atom stereocenters. The Labute approximate surface area is 115 Å². The van der Waals surface area contributed by atoms with E-state index in [0.29, 0.717) is 23.9 Å². The second-order valence-electron chi connectivity index (χ2n) is 7.52. The normalized spacial score (nSPS) is 17.5. The van der Waals surface area contributed by atoms with Gasteiger partial charge in [-0.3, -0.25) is 0 Å². The lowest BCUT2D eigenvalue weighted by Crippen LogP contribution is -2.21. The summed E-state index contributed by atoms with van der Waals surface area (Å²) in [5.41, 5.74) is 0.408. The molecule has 1 heteroatoms. The van der Waals surface area contributed by atoms with Crippen LogP contribution in [0.2, 0.25) is 0 Å². The van der Waals surface area contributed by atoms with Crippen LogP contribution in [0, 0.1) is 23.2 Å². The summed E-state index contributed by atoms with van der Waals surface area (Å²) in [5.74, 6) is 1.89. The van der Waals surface area contributed by atoms with Crippen molar-refractivity contribution in [2.45, 2.75) is 80.1 Å². The summed E-state index contributed by atoms with van der Waals surface area (Å²) in [4.78, 5) is 0. The van der Waals surface area contributed by atoms with Crippen molar-refractivity contribution in [2.75, 3.05) is 6.61 Å². The van der Waals surface area contributed by atoms with Gasteiger partial charge in [0, 0.05) is 6.61 Å². The van der Waals surface area contributed by atoms with Crippen LogP contribution < -0.4 is 0 Å². The molecule has 0 amide bonds. The molecule has 0 aliphatic rings. The first-order valence-corrected chi connectivity index (χ1v) is 7.91. The van der Waals surface area contributed by atoms with Crippen LogP contribution in [0.3, 0.4) is 0 Å². The van der Waals surface area contributed by atoms with E-state index in [2.05, 4.69) is 41.5 Å². The van der Waals surface area contributed by atoms with Gasteiger partial charge in [-0.1, -0.05) is 67.2 Å². The molecule has 0 aromatic carbocycles. The first-order chi connectivity index (χ1) is 8.30. The first-order valence-electron chi connectivity index (χ1n) is 7.91. The molecule has 0 aromatic heterocycles. The first kappa shape index (κ1) is 18.0. The number of hydrogen-bond acceptors (Lipinski definition) is 1. The largest absolute Gasteiger partial charge is 0.396 e. The minimum atomic E-state index is 0.363. The minimum Gasteiger partial charge on any atom is -0.396 e. The molecule has 0 bridgehead atoms. The van der Waals surface area contributed by atoms with Gasteiger partial charge in [-0.05, 0) is 36.0 Å². The van der Waals surface area contributed by atoms with Gasteiger partial charge in [-0.15, -0.1) is 0 Å². The minimum absolute atomic E-state index is 0.363. The summed E-state index contributed by atoms with van der Waals surface area (Å²) in [6, 6.07) is 0. The zero-order chi connectivity index (χ0) is 14.2. The van der Waals surface area contributed by atoms with E-state index in [1.165, 1.54) is 38.5 Å². The van der Waals surface area contributed by atoms with Crippen LogP contribution in [0.4, 0.5) is 0 Å². The van der Waals surface area contributed by atoms with E-state index in [1.807, 2.05) is 0 Å². The molecule has 1 nitrogen and oxygen atoms in total. The van der Waals surface area contributed by atoms with Gasteiger partial charge in [0.15, 0.2) is 0 Å². The Kier molecular flexibility index (Phi) is 8.94. The molecular weight excluding hydrogens is 220 g/mol. The summed E-state index contributed by atoms with van der Waals surface area (Å²) in [5, 5.41) is 9.60. The zero-order valence-electron chi connectivity index (χ0n) is 13.6. The molecular formula is C17H36O. The molecule has 0 saturated heterocycles. The summed E-state index contributed by atoms with van der Waals surface area (Å²) < 4.78 is 0. The SMILES string of the molecule is CCCCCC(C)C(CO)CC(C)CC(C)(C)C. The van der Waals surface area contributed by atoms with Crippen LogP contribution in [0.5, 0.6) is 0 Å². The highest BCUT2D eigenvalue weighted by atomic mass is 16.3. The predicted molar refractivity (Wildman–Crippen MR) is 81.7 cm³/mol. The highest BCUT2D eigenvalue weighted by molar-refractivity contribution is 4.73. The third kappa shape index (κ3) is 8.97. The molecule has 0 aromatic rings. The van der Waals surface area contributed by atoms with E-state index in [4.69, 9.17) is 0 Å². The molecule has 18 heavy (non-hydrogen) atoms. The Morgan fingerprint density at radius 2 is 1.67 bits per heavy atom. The maximum atomic E-state index is 9.60. The Balaban J connectivity index is 4.08. The van der Waals surface area contributed by atoms with E-state index in [-0.39, 0.29) is 0 Å². The summed E-state index contributed by atoms with van der Waals surface area (Å²) >= 11 is 0. The highest BCUT2D eigenvalue weighted by Crippen LogP contribution is 2.31. The van der Waals surface area contributed by atoms with Gasteiger partial charge in [0.25, 0.3) is 0 Å². The van der Waals surface area contributed by atoms with E-state index in [1.54, 1.807) is 0 Å². The Bertz CT molecular complexity index is 192. The van der Waals surface area contributed by atoms with Crippen LogP contribution in [0.1, 0.15) is 80.1 Å².